The standard InChI is InChI=1S/C39H35ClF6N4O18S2/c1-62-31-15-27(36(52)48-20-25(14-30(48)37(53)63-2)68-70(60,61)39(44,45)46)29(50(56)57)17-33(31)64-12-4-3-5-13-65-34-18-28(49(54)55)26(16-32(34)66-21-22-6-8-23(40)9-7-22)35(51)47-11-10-24(19-47)67-69(58,59)38(41,42)43/h6-9,15-20,30H,3-5,10-14,21H2,1-2H3. The third kappa shape index (κ3) is 12.8. The molecule has 2 aliphatic heterocycles. The number of amides is 2. The van der Waals surface area contributed by atoms with Gasteiger partial charge in [-0.3, -0.25) is 34.7 Å². The van der Waals surface area contributed by atoms with Crippen LogP contribution >= 0.6 is 11.6 Å². The molecule has 2 aliphatic rings. The Labute approximate surface area is 396 Å². The first-order valence-corrected chi connectivity index (χ1v) is 22.8. The van der Waals surface area contributed by atoms with E-state index in [0.717, 1.165) is 43.4 Å². The second kappa shape index (κ2) is 21.7. The van der Waals surface area contributed by atoms with Crippen LogP contribution in [0.5, 0.6) is 23.0 Å². The zero-order valence-corrected chi connectivity index (χ0v) is 38.2. The van der Waals surface area contributed by atoms with Gasteiger partial charge >= 0.3 is 37.2 Å². The summed E-state index contributed by atoms with van der Waals surface area (Å²) in [5, 5.41) is 24.8. The number of halogens is 7. The second-order valence-corrected chi connectivity index (χ2v) is 17.9. The van der Waals surface area contributed by atoms with Gasteiger partial charge in [-0.05, 0) is 37.0 Å². The van der Waals surface area contributed by atoms with Crippen LogP contribution in [0.4, 0.5) is 37.7 Å². The first-order chi connectivity index (χ1) is 32.7. The average molecular weight is 1060 g/mol. The van der Waals surface area contributed by atoms with Crippen molar-refractivity contribution in [3.63, 3.8) is 0 Å². The number of rotatable bonds is 21. The van der Waals surface area contributed by atoms with Crippen LogP contribution in [-0.4, -0.2) is 105 Å². The monoisotopic (exact) mass is 1060 g/mol. The lowest BCUT2D eigenvalue weighted by atomic mass is 10.1. The van der Waals surface area contributed by atoms with E-state index in [1.165, 1.54) is 0 Å². The number of alkyl halides is 6. The molecule has 0 bridgehead atoms. The van der Waals surface area contributed by atoms with Gasteiger partial charge in [0.25, 0.3) is 23.2 Å². The maximum atomic E-state index is 13.6. The van der Waals surface area contributed by atoms with Crippen molar-refractivity contribution in [3.8, 4) is 23.0 Å². The minimum absolute atomic E-state index is 0.136. The maximum absolute atomic E-state index is 13.6. The van der Waals surface area contributed by atoms with E-state index in [4.69, 9.17) is 30.5 Å². The molecule has 5 rings (SSSR count). The van der Waals surface area contributed by atoms with Crippen molar-refractivity contribution in [1.29, 1.82) is 0 Å². The lowest BCUT2D eigenvalue weighted by Gasteiger charge is -2.21. The number of carbonyl (C=O) groups excluding carboxylic acids is 3. The predicted molar refractivity (Wildman–Crippen MR) is 224 cm³/mol. The van der Waals surface area contributed by atoms with Crippen molar-refractivity contribution < 1.29 is 99.5 Å². The van der Waals surface area contributed by atoms with Crippen molar-refractivity contribution in [2.75, 3.05) is 34.0 Å². The second-order valence-electron chi connectivity index (χ2n) is 14.4. The lowest BCUT2D eigenvalue weighted by Crippen LogP contribution is -2.39. The summed E-state index contributed by atoms with van der Waals surface area (Å²) in [6.07, 6.45) is 0.486. The molecule has 0 radical (unpaired) electrons. The van der Waals surface area contributed by atoms with Crippen molar-refractivity contribution >= 4 is 61.0 Å². The highest BCUT2D eigenvalue weighted by atomic mass is 35.5. The Bertz CT molecular complexity index is 2830. The van der Waals surface area contributed by atoms with Crippen LogP contribution < -0.4 is 18.9 Å². The minimum Gasteiger partial charge on any atom is -0.493 e. The number of nitrogens with zero attached hydrogens (tertiary/aromatic N) is 4. The van der Waals surface area contributed by atoms with Gasteiger partial charge in [0.15, 0.2) is 23.0 Å². The topological polar surface area (TPSA) is 277 Å². The van der Waals surface area contributed by atoms with Crippen molar-refractivity contribution in [1.82, 2.24) is 9.80 Å². The third-order valence-electron chi connectivity index (χ3n) is 9.69. The summed E-state index contributed by atoms with van der Waals surface area (Å²) in [7, 11) is -10.4. The minimum atomic E-state index is -6.24. The molecule has 1 atom stereocenters. The Morgan fingerprint density at radius 2 is 1.21 bits per heavy atom. The summed E-state index contributed by atoms with van der Waals surface area (Å²) in [6, 6.07) is 7.99. The maximum Gasteiger partial charge on any atom is 0.534 e. The normalized spacial score (nSPS) is 15.1. The highest BCUT2D eigenvalue weighted by Gasteiger charge is 2.51. The first kappa shape index (κ1) is 53.9. The molecule has 1 unspecified atom stereocenters. The van der Waals surface area contributed by atoms with Gasteiger partial charge < -0.3 is 37.0 Å². The number of unbranched alkanes of at least 4 members (excludes halogenated alkanes) is 2. The van der Waals surface area contributed by atoms with E-state index in [0.29, 0.717) is 34.3 Å². The number of methoxy groups -OCH3 is 2. The summed E-state index contributed by atoms with van der Waals surface area (Å²) in [5.74, 6) is -6.40. The molecule has 70 heavy (non-hydrogen) atoms. The number of benzene rings is 3. The smallest absolute Gasteiger partial charge is 0.493 e. The van der Waals surface area contributed by atoms with E-state index < -0.39 is 118 Å². The summed E-state index contributed by atoms with van der Waals surface area (Å²) in [4.78, 5) is 63.2. The fourth-order valence-corrected chi connectivity index (χ4v) is 7.45. The van der Waals surface area contributed by atoms with Gasteiger partial charge in [0.05, 0.1) is 49.4 Å². The number of esters is 1. The Kier molecular flexibility index (Phi) is 16.7. The number of hydrogen-bond donors (Lipinski definition) is 0. The SMILES string of the molecule is COC(=O)C1CC(OS(=O)(=O)C(F)(F)F)=CN1C(=O)c1cc(OC)c(OCCCCCOc2cc([N+](=O)[O-])c(C(=O)N3C=C(OS(=O)(=O)C(F)(F)F)CC3)cc2OCc2ccc(Cl)cc2)cc1[N+](=O)[O-]. The van der Waals surface area contributed by atoms with Crippen LogP contribution in [0.1, 0.15) is 58.4 Å². The largest absolute Gasteiger partial charge is 0.534 e. The molecule has 22 nitrogen and oxygen atoms in total. The Morgan fingerprint density at radius 3 is 1.73 bits per heavy atom. The fraction of sp³-hybridized carbons (Fsp3) is 0.359. The molecule has 3 aromatic rings. The number of nitro groups is 2. The van der Waals surface area contributed by atoms with Gasteiger partial charge in [-0.1, -0.05) is 23.7 Å². The molecule has 0 aromatic heterocycles. The van der Waals surface area contributed by atoms with Crippen LogP contribution in [0.2, 0.25) is 5.02 Å². The first-order valence-electron chi connectivity index (χ1n) is 19.6. The molecule has 0 N–H and O–H groups in total. The number of hydrogen-bond acceptors (Lipinski definition) is 18. The molecule has 0 saturated carbocycles. The summed E-state index contributed by atoms with van der Waals surface area (Å²) >= 11 is 5.96. The fourth-order valence-electron chi connectivity index (χ4n) is 6.33. The molecule has 380 valence electrons. The van der Waals surface area contributed by atoms with Gasteiger partial charge in [-0.2, -0.15) is 43.2 Å². The van der Waals surface area contributed by atoms with Gasteiger partial charge in [-0.15, -0.1) is 0 Å². The molecular weight excluding hydrogens is 1030 g/mol. The van der Waals surface area contributed by atoms with E-state index in [1.807, 2.05) is 0 Å². The van der Waals surface area contributed by atoms with Gasteiger partial charge in [-0.25, -0.2) is 4.79 Å². The van der Waals surface area contributed by atoms with E-state index in [2.05, 4.69) is 13.1 Å². The number of nitro benzene ring substituents is 2. The Morgan fingerprint density at radius 1 is 0.714 bits per heavy atom. The molecule has 0 aliphatic carbocycles. The molecule has 31 heteroatoms. The van der Waals surface area contributed by atoms with E-state index >= 15 is 0 Å². The lowest BCUT2D eigenvalue weighted by molar-refractivity contribution is -0.385. The molecule has 2 heterocycles. The van der Waals surface area contributed by atoms with Crippen LogP contribution in [0.25, 0.3) is 0 Å². The van der Waals surface area contributed by atoms with Crippen LogP contribution in [-0.2, 0) is 44.7 Å². The van der Waals surface area contributed by atoms with Crippen LogP contribution in [0, 0.1) is 20.2 Å². The van der Waals surface area contributed by atoms with Crippen molar-refractivity contribution in [2.45, 2.75) is 55.8 Å². The zero-order chi connectivity index (χ0) is 51.9. The molecule has 0 spiro atoms. The Hall–Kier alpha value is -7.08. The Balaban J connectivity index is 1.28. The van der Waals surface area contributed by atoms with Gasteiger partial charge in [0.1, 0.15) is 35.3 Å². The molecular formula is C39H35ClF6N4O18S2. The van der Waals surface area contributed by atoms with Crippen molar-refractivity contribution in [2.24, 2.45) is 0 Å². The molecule has 3 aromatic carbocycles. The van der Waals surface area contributed by atoms with Crippen molar-refractivity contribution in [3.05, 3.63) is 114 Å². The summed E-state index contributed by atoms with van der Waals surface area (Å²) < 4.78 is 159. The summed E-state index contributed by atoms with van der Waals surface area (Å²) in [6.45, 7) is -0.866. The highest BCUT2D eigenvalue weighted by molar-refractivity contribution is 7.88. The molecule has 2 amide bonds. The average Bonchev–Trinajstić information content (AvgIpc) is 3.93. The zero-order valence-electron chi connectivity index (χ0n) is 35.8. The third-order valence-corrected chi connectivity index (χ3v) is 11.9. The number of ether oxygens (including phenoxy) is 5. The molecule has 0 saturated heterocycles. The molecule has 0 fully saturated rings. The quantitative estimate of drug-likeness (QED) is 0.0197. The number of carbonyl (C=O) groups is 3. The van der Waals surface area contributed by atoms with Crippen LogP contribution in [0.3, 0.4) is 0 Å². The highest BCUT2D eigenvalue weighted by Crippen LogP contribution is 2.40. The van der Waals surface area contributed by atoms with E-state index in [-0.39, 0.29) is 55.7 Å². The van der Waals surface area contributed by atoms with Crippen LogP contribution in [0.15, 0.2) is 72.4 Å². The van der Waals surface area contributed by atoms with Gasteiger partial charge in [0, 0.05) is 48.9 Å². The van der Waals surface area contributed by atoms with E-state index in [9.17, 15) is 77.8 Å². The van der Waals surface area contributed by atoms with Gasteiger partial charge in [0.2, 0.25) is 0 Å². The predicted octanol–water partition coefficient (Wildman–Crippen LogP) is 7.02. The van der Waals surface area contributed by atoms with E-state index in [1.54, 1.807) is 24.3 Å². The summed E-state index contributed by atoms with van der Waals surface area (Å²) in [5.41, 5.74) is -14.2.